The van der Waals surface area contributed by atoms with Crippen LogP contribution in [0.25, 0.3) is 0 Å². The van der Waals surface area contributed by atoms with E-state index in [0.29, 0.717) is 15.9 Å². The fraction of sp³-hybridized carbons (Fsp3) is 0.0714. The van der Waals surface area contributed by atoms with E-state index in [9.17, 15) is 4.79 Å². The molecule has 0 spiro atoms. The Kier molecular flexibility index (Phi) is 5.50. The summed E-state index contributed by atoms with van der Waals surface area (Å²) < 4.78 is 0. The number of hydrogen-bond acceptors (Lipinski definition) is 3. The van der Waals surface area contributed by atoms with Crippen molar-refractivity contribution in [3.8, 4) is 0 Å². The quantitative estimate of drug-likeness (QED) is 0.841. The molecule has 2 aromatic rings. The third-order valence-electron chi connectivity index (χ3n) is 2.50. The van der Waals surface area contributed by atoms with Crippen LogP contribution < -0.4 is 10.6 Å². The van der Waals surface area contributed by atoms with Gasteiger partial charge in [0.2, 0.25) is 5.91 Å². The fourth-order valence-corrected chi connectivity index (χ4v) is 2.01. The Balaban J connectivity index is 1.85. The summed E-state index contributed by atoms with van der Waals surface area (Å²) in [6, 6.07) is 10.4. The van der Waals surface area contributed by atoms with Crippen LogP contribution >= 0.6 is 35.4 Å². The first-order chi connectivity index (χ1) is 10.0. The van der Waals surface area contributed by atoms with Crippen molar-refractivity contribution < 1.29 is 4.79 Å². The molecule has 0 saturated heterocycles. The summed E-state index contributed by atoms with van der Waals surface area (Å²) in [5.41, 5.74) is 0.851. The molecule has 0 saturated carbocycles. The molecule has 0 radical (unpaired) electrons. The largest absolute Gasteiger partial charge is 0.317 e. The molecule has 21 heavy (non-hydrogen) atoms. The highest BCUT2D eigenvalue weighted by atomic mass is 35.5. The van der Waals surface area contributed by atoms with Crippen molar-refractivity contribution in [3.63, 3.8) is 0 Å². The Hall–Kier alpha value is -1.69. The first-order valence-corrected chi connectivity index (χ1v) is 7.16. The Morgan fingerprint density at radius 3 is 2.38 bits per heavy atom. The molecule has 2 rings (SSSR count). The molecule has 108 valence electrons. The number of halogens is 2. The predicted molar refractivity (Wildman–Crippen MR) is 88.8 cm³/mol. The summed E-state index contributed by atoms with van der Waals surface area (Å²) in [7, 11) is 0. The number of rotatable bonds is 3. The normalized spacial score (nSPS) is 10.0. The third-order valence-corrected chi connectivity index (χ3v) is 3.18. The van der Waals surface area contributed by atoms with E-state index in [1.54, 1.807) is 36.4 Å². The van der Waals surface area contributed by atoms with Gasteiger partial charge in [0.25, 0.3) is 0 Å². The summed E-state index contributed by atoms with van der Waals surface area (Å²) in [4.78, 5) is 15.9. The fourth-order valence-electron chi connectivity index (χ4n) is 1.56. The van der Waals surface area contributed by atoms with Gasteiger partial charge in [0.15, 0.2) is 5.11 Å². The van der Waals surface area contributed by atoms with Gasteiger partial charge in [-0.2, -0.15) is 0 Å². The van der Waals surface area contributed by atoms with Crippen LogP contribution in [0.5, 0.6) is 0 Å². The van der Waals surface area contributed by atoms with Crippen molar-refractivity contribution in [2.75, 3.05) is 5.32 Å². The average Bonchev–Trinajstić information content (AvgIpc) is 2.44. The van der Waals surface area contributed by atoms with Crippen LogP contribution in [0.15, 0.2) is 42.6 Å². The molecule has 0 fully saturated rings. The van der Waals surface area contributed by atoms with Crippen molar-refractivity contribution in [3.05, 3.63) is 58.2 Å². The molecule has 7 heteroatoms. The van der Waals surface area contributed by atoms with Gasteiger partial charge in [0.1, 0.15) is 5.82 Å². The van der Waals surface area contributed by atoms with E-state index < -0.39 is 0 Å². The topological polar surface area (TPSA) is 54.0 Å². The van der Waals surface area contributed by atoms with Crippen molar-refractivity contribution in [1.82, 2.24) is 10.3 Å². The molecular formula is C14H11Cl2N3OS. The van der Waals surface area contributed by atoms with Crippen LogP contribution in [0, 0.1) is 0 Å². The zero-order valence-electron chi connectivity index (χ0n) is 10.8. The highest BCUT2D eigenvalue weighted by molar-refractivity contribution is 7.80. The van der Waals surface area contributed by atoms with Gasteiger partial charge in [-0.1, -0.05) is 35.3 Å². The number of carbonyl (C=O) groups excluding carboxylic acids is 1. The number of pyridine rings is 1. The van der Waals surface area contributed by atoms with Gasteiger partial charge in [-0.15, -0.1) is 0 Å². The van der Waals surface area contributed by atoms with Crippen molar-refractivity contribution in [2.45, 2.75) is 6.42 Å². The maximum atomic E-state index is 11.8. The molecule has 1 heterocycles. The van der Waals surface area contributed by atoms with E-state index in [0.717, 1.165) is 5.56 Å². The standard InChI is InChI=1S/C14H11Cl2N3OS/c15-10-3-1-9(2-4-10)7-13(20)19-14(21)18-12-6-5-11(16)8-17-12/h1-6,8H,7H2,(H2,17,18,19,20,21). The maximum Gasteiger partial charge on any atom is 0.230 e. The number of nitrogens with one attached hydrogen (secondary N) is 2. The molecule has 1 amide bonds. The molecule has 0 aliphatic heterocycles. The number of carbonyl (C=O) groups is 1. The minimum atomic E-state index is -0.219. The Labute approximate surface area is 137 Å². The Morgan fingerprint density at radius 2 is 1.76 bits per heavy atom. The molecule has 2 N–H and O–H groups in total. The molecule has 4 nitrogen and oxygen atoms in total. The third kappa shape index (κ3) is 5.30. The van der Waals surface area contributed by atoms with Crippen molar-refractivity contribution in [2.24, 2.45) is 0 Å². The highest BCUT2D eigenvalue weighted by Crippen LogP contribution is 2.10. The molecule has 0 aliphatic carbocycles. The van der Waals surface area contributed by atoms with Crippen LogP contribution in [-0.2, 0) is 11.2 Å². The molecule has 1 aromatic carbocycles. The number of nitrogens with zero attached hydrogens (tertiary/aromatic N) is 1. The van der Waals surface area contributed by atoms with E-state index in [-0.39, 0.29) is 17.4 Å². The second-order valence-electron chi connectivity index (χ2n) is 4.17. The monoisotopic (exact) mass is 339 g/mol. The zero-order chi connectivity index (χ0) is 15.2. The van der Waals surface area contributed by atoms with Crippen LogP contribution in [0.4, 0.5) is 5.82 Å². The lowest BCUT2D eigenvalue weighted by Crippen LogP contribution is -2.35. The maximum absolute atomic E-state index is 11.8. The smallest absolute Gasteiger partial charge is 0.230 e. The number of anilines is 1. The van der Waals surface area contributed by atoms with E-state index in [2.05, 4.69) is 15.6 Å². The van der Waals surface area contributed by atoms with Gasteiger partial charge in [-0.3, -0.25) is 4.79 Å². The zero-order valence-corrected chi connectivity index (χ0v) is 13.1. The van der Waals surface area contributed by atoms with Crippen LogP contribution in [0.1, 0.15) is 5.56 Å². The average molecular weight is 340 g/mol. The predicted octanol–water partition coefficient (Wildman–Crippen LogP) is 3.44. The molecule has 0 aliphatic rings. The van der Waals surface area contributed by atoms with E-state index >= 15 is 0 Å². The van der Waals surface area contributed by atoms with Gasteiger partial charge < -0.3 is 10.6 Å². The Bertz CT molecular complexity index is 587. The molecule has 0 atom stereocenters. The Morgan fingerprint density at radius 1 is 1.10 bits per heavy atom. The second kappa shape index (κ2) is 7.36. The summed E-state index contributed by atoms with van der Waals surface area (Å²) in [5, 5.41) is 6.73. The van der Waals surface area contributed by atoms with Gasteiger partial charge in [-0.25, -0.2) is 4.98 Å². The lowest BCUT2D eigenvalue weighted by Gasteiger charge is -2.09. The van der Waals surface area contributed by atoms with Gasteiger partial charge in [0, 0.05) is 11.2 Å². The van der Waals surface area contributed by atoms with Crippen molar-refractivity contribution in [1.29, 1.82) is 0 Å². The molecule has 0 bridgehead atoms. The first-order valence-electron chi connectivity index (χ1n) is 6.00. The van der Waals surface area contributed by atoms with Gasteiger partial charge >= 0.3 is 0 Å². The molecular weight excluding hydrogens is 329 g/mol. The first kappa shape index (κ1) is 15.7. The van der Waals surface area contributed by atoms with Crippen molar-refractivity contribution >= 4 is 52.3 Å². The number of hydrogen-bond donors (Lipinski definition) is 2. The highest BCUT2D eigenvalue weighted by Gasteiger charge is 2.06. The number of amides is 1. The van der Waals surface area contributed by atoms with Crippen LogP contribution in [-0.4, -0.2) is 16.0 Å². The SMILES string of the molecule is O=C(Cc1ccc(Cl)cc1)NC(=S)Nc1ccc(Cl)cn1. The van der Waals surface area contributed by atoms with Gasteiger partial charge in [0.05, 0.1) is 11.4 Å². The van der Waals surface area contributed by atoms with Crippen LogP contribution in [0.3, 0.4) is 0 Å². The summed E-state index contributed by atoms with van der Waals surface area (Å²) in [6.07, 6.45) is 1.70. The lowest BCUT2D eigenvalue weighted by atomic mass is 10.1. The lowest BCUT2D eigenvalue weighted by molar-refractivity contribution is -0.119. The number of aromatic nitrogens is 1. The van der Waals surface area contributed by atoms with Crippen LogP contribution in [0.2, 0.25) is 10.0 Å². The summed E-state index contributed by atoms with van der Waals surface area (Å²) in [5.74, 6) is 0.292. The molecule has 1 aromatic heterocycles. The minimum absolute atomic E-state index is 0.184. The van der Waals surface area contributed by atoms with E-state index in [4.69, 9.17) is 35.4 Å². The second-order valence-corrected chi connectivity index (χ2v) is 5.45. The number of thiocarbonyl (C=S) groups is 1. The minimum Gasteiger partial charge on any atom is -0.317 e. The van der Waals surface area contributed by atoms with E-state index in [1.165, 1.54) is 6.20 Å². The molecule has 0 unspecified atom stereocenters. The van der Waals surface area contributed by atoms with E-state index in [1.807, 2.05) is 0 Å². The number of benzene rings is 1. The summed E-state index contributed by atoms with van der Waals surface area (Å²) in [6.45, 7) is 0. The summed E-state index contributed by atoms with van der Waals surface area (Å²) >= 11 is 16.6. The van der Waals surface area contributed by atoms with Gasteiger partial charge in [-0.05, 0) is 42.0 Å².